The van der Waals surface area contributed by atoms with Crippen molar-refractivity contribution in [2.45, 2.75) is 13.3 Å². The molecule has 0 aromatic carbocycles. The Morgan fingerprint density at radius 3 is 2.47 bits per heavy atom. The molecule has 0 atom stereocenters. The van der Waals surface area contributed by atoms with Gasteiger partial charge in [-0.25, -0.2) is 4.98 Å². The van der Waals surface area contributed by atoms with Crippen LogP contribution in [-0.4, -0.2) is 49.9 Å². The minimum Gasteiger partial charge on any atom is -0.355 e. The van der Waals surface area contributed by atoms with Crippen LogP contribution in [0.4, 0.5) is 5.82 Å². The van der Waals surface area contributed by atoms with Crippen LogP contribution in [0.3, 0.4) is 0 Å². The van der Waals surface area contributed by atoms with Crippen LogP contribution in [0.5, 0.6) is 0 Å². The van der Waals surface area contributed by atoms with Crippen molar-refractivity contribution >= 4 is 12.1 Å². The number of likely N-dealkylation sites (N-methyl/N-ethyl adjacent to an activating group) is 1. The normalized spacial score (nSPS) is 10.6. The van der Waals surface area contributed by atoms with Crippen molar-refractivity contribution in [3.8, 4) is 0 Å². The molecule has 4 nitrogen and oxygen atoms in total. The summed E-state index contributed by atoms with van der Waals surface area (Å²) in [5, 5.41) is 0. The van der Waals surface area contributed by atoms with E-state index in [0.29, 0.717) is 5.56 Å². The molecule has 17 heavy (non-hydrogen) atoms. The quantitative estimate of drug-likeness (QED) is 0.674. The highest BCUT2D eigenvalue weighted by Gasteiger charge is 2.07. The zero-order chi connectivity index (χ0) is 12.7. The fourth-order valence-corrected chi connectivity index (χ4v) is 1.59. The lowest BCUT2D eigenvalue weighted by atomic mass is 10.3. The molecule has 0 radical (unpaired) electrons. The van der Waals surface area contributed by atoms with E-state index < -0.39 is 0 Å². The average molecular weight is 235 g/mol. The Kier molecular flexibility index (Phi) is 5.63. The van der Waals surface area contributed by atoms with E-state index in [1.165, 1.54) is 0 Å². The smallest absolute Gasteiger partial charge is 0.151 e. The van der Waals surface area contributed by atoms with Crippen LogP contribution in [-0.2, 0) is 0 Å². The predicted molar refractivity (Wildman–Crippen MR) is 70.7 cm³/mol. The minimum absolute atomic E-state index is 0.623. The van der Waals surface area contributed by atoms with Crippen LogP contribution in [0.15, 0.2) is 18.3 Å². The molecule has 0 unspecified atom stereocenters. The van der Waals surface area contributed by atoms with Crippen molar-refractivity contribution in [3.05, 3.63) is 23.9 Å². The van der Waals surface area contributed by atoms with Crippen molar-refractivity contribution in [2.75, 3.05) is 38.6 Å². The van der Waals surface area contributed by atoms with Gasteiger partial charge in [0.1, 0.15) is 5.82 Å². The van der Waals surface area contributed by atoms with E-state index in [1.54, 1.807) is 6.20 Å². The molecule has 1 rings (SSSR count). The van der Waals surface area contributed by atoms with Gasteiger partial charge in [0.2, 0.25) is 0 Å². The Hall–Kier alpha value is -1.42. The van der Waals surface area contributed by atoms with E-state index in [4.69, 9.17) is 0 Å². The second-order valence-corrected chi connectivity index (χ2v) is 4.36. The number of nitrogens with zero attached hydrogens (tertiary/aromatic N) is 3. The highest BCUT2D eigenvalue weighted by Crippen LogP contribution is 2.11. The summed E-state index contributed by atoms with van der Waals surface area (Å²) < 4.78 is 0. The summed E-state index contributed by atoms with van der Waals surface area (Å²) in [7, 11) is 4.13. The summed E-state index contributed by atoms with van der Waals surface area (Å²) in [5.41, 5.74) is 0.623. The monoisotopic (exact) mass is 235 g/mol. The second-order valence-electron chi connectivity index (χ2n) is 4.36. The zero-order valence-electron chi connectivity index (χ0n) is 10.9. The van der Waals surface area contributed by atoms with Gasteiger partial charge in [-0.1, -0.05) is 6.92 Å². The maximum absolute atomic E-state index is 10.6. The molecule has 0 saturated heterocycles. The van der Waals surface area contributed by atoms with Crippen molar-refractivity contribution in [3.63, 3.8) is 0 Å². The number of anilines is 1. The van der Waals surface area contributed by atoms with Crippen molar-refractivity contribution in [1.29, 1.82) is 0 Å². The number of hydrogen-bond donors (Lipinski definition) is 0. The molecule has 1 aromatic rings. The number of aromatic nitrogens is 1. The van der Waals surface area contributed by atoms with E-state index in [9.17, 15) is 4.79 Å². The second kappa shape index (κ2) is 7.01. The summed E-state index contributed by atoms with van der Waals surface area (Å²) >= 11 is 0. The number of hydrogen-bond acceptors (Lipinski definition) is 4. The van der Waals surface area contributed by atoms with Gasteiger partial charge in [-0.2, -0.15) is 0 Å². The molecule has 0 N–H and O–H groups in total. The molecule has 0 aliphatic carbocycles. The molecular formula is C13H21N3O. The van der Waals surface area contributed by atoms with Gasteiger partial charge in [-0.15, -0.1) is 0 Å². The van der Waals surface area contributed by atoms with Gasteiger partial charge >= 0.3 is 0 Å². The molecule has 0 aliphatic heterocycles. The summed E-state index contributed by atoms with van der Waals surface area (Å²) in [6.07, 6.45) is 3.53. The fraction of sp³-hybridized carbons (Fsp3) is 0.538. The molecule has 94 valence electrons. The van der Waals surface area contributed by atoms with Crippen molar-refractivity contribution < 1.29 is 4.79 Å². The van der Waals surface area contributed by atoms with Crippen molar-refractivity contribution in [2.24, 2.45) is 0 Å². The first-order chi connectivity index (χ1) is 8.17. The topological polar surface area (TPSA) is 36.4 Å². The molecule has 0 amide bonds. The van der Waals surface area contributed by atoms with Crippen LogP contribution >= 0.6 is 0 Å². The van der Waals surface area contributed by atoms with E-state index in [-0.39, 0.29) is 0 Å². The average Bonchev–Trinajstić information content (AvgIpc) is 2.34. The third-order valence-electron chi connectivity index (χ3n) is 2.54. The SMILES string of the molecule is CCCN(CCN(C)C)c1ccc(C=O)cn1. The van der Waals surface area contributed by atoms with Crippen LogP contribution in [0.2, 0.25) is 0 Å². The Morgan fingerprint density at radius 1 is 1.24 bits per heavy atom. The van der Waals surface area contributed by atoms with Gasteiger partial charge in [0.05, 0.1) is 0 Å². The Bertz CT molecular complexity index is 335. The molecule has 1 aromatic heterocycles. The number of pyridine rings is 1. The largest absolute Gasteiger partial charge is 0.355 e. The molecule has 0 spiro atoms. The fourth-order valence-electron chi connectivity index (χ4n) is 1.59. The van der Waals surface area contributed by atoms with E-state index >= 15 is 0 Å². The Labute approximate surface area is 103 Å². The van der Waals surface area contributed by atoms with Gasteiger partial charge in [0, 0.05) is 31.4 Å². The number of rotatable bonds is 7. The Morgan fingerprint density at radius 2 is 2.00 bits per heavy atom. The first kappa shape index (κ1) is 13.6. The summed E-state index contributed by atoms with van der Waals surface area (Å²) in [4.78, 5) is 19.3. The lowest BCUT2D eigenvalue weighted by Gasteiger charge is -2.24. The van der Waals surface area contributed by atoms with Crippen LogP contribution in [0.1, 0.15) is 23.7 Å². The first-order valence-corrected chi connectivity index (χ1v) is 5.98. The van der Waals surface area contributed by atoms with Gasteiger partial charge in [-0.3, -0.25) is 4.79 Å². The van der Waals surface area contributed by atoms with Gasteiger partial charge in [0.15, 0.2) is 6.29 Å². The standard InChI is InChI=1S/C13H21N3O/c1-4-7-16(9-8-15(2)3)13-6-5-12(11-17)10-14-13/h5-6,10-11H,4,7-9H2,1-3H3. The number of carbonyl (C=O) groups is 1. The summed E-state index contributed by atoms with van der Waals surface area (Å²) in [6.45, 7) is 5.09. The predicted octanol–water partition coefficient (Wildman–Crippen LogP) is 1.67. The molecule has 0 aliphatic rings. The van der Waals surface area contributed by atoms with E-state index in [2.05, 4.69) is 35.8 Å². The third kappa shape index (κ3) is 4.53. The van der Waals surface area contributed by atoms with E-state index in [1.807, 2.05) is 12.1 Å². The summed E-state index contributed by atoms with van der Waals surface area (Å²) in [6, 6.07) is 3.72. The molecule has 1 heterocycles. The number of aldehydes is 1. The van der Waals surface area contributed by atoms with Crippen LogP contribution in [0, 0.1) is 0 Å². The maximum atomic E-state index is 10.6. The molecule has 0 fully saturated rings. The molecule has 0 saturated carbocycles. The first-order valence-electron chi connectivity index (χ1n) is 5.98. The molecule has 4 heteroatoms. The number of carbonyl (C=O) groups excluding carboxylic acids is 1. The van der Waals surface area contributed by atoms with Gasteiger partial charge in [-0.05, 0) is 32.6 Å². The van der Waals surface area contributed by atoms with E-state index in [0.717, 1.165) is 38.2 Å². The lowest BCUT2D eigenvalue weighted by Crippen LogP contribution is -2.32. The minimum atomic E-state index is 0.623. The van der Waals surface area contributed by atoms with Crippen LogP contribution in [0.25, 0.3) is 0 Å². The third-order valence-corrected chi connectivity index (χ3v) is 2.54. The zero-order valence-corrected chi connectivity index (χ0v) is 10.9. The Balaban J connectivity index is 2.70. The van der Waals surface area contributed by atoms with Gasteiger partial charge in [0.25, 0.3) is 0 Å². The molecule has 0 bridgehead atoms. The van der Waals surface area contributed by atoms with Gasteiger partial charge < -0.3 is 9.80 Å². The summed E-state index contributed by atoms with van der Waals surface area (Å²) in [5.74, 6) is 0.944. The van der Waals surface area contributed by atoms with Crippen LogP contribution < -0.4 is 4.90 Å². The highest BCUT2D eigenvalue weighted by atomic mass is 16.1. The maximum Gasteiger partial charge on any atom is 0.151 e. The lowest BCUT2D eigenvalue weighted by molar-refractivity contribution is 0.112. The van der Waals surface area contributed by atoms with Crippen molar-refractivity contribution in [1.82, 2.24) is 9.88 Å². The molecular weight excluding hydrogens is 214 g/mol. The highest BCUT2D eigenvalue weighted by molar-refractivity contribution is 5.74.